The number of benzene rings is 1. The molecule has 2 unspecified atom stereocenters. The zero-order chi connectivity index (χ0) is 15.8. The fourth-order valence-corrected chi connectivity index (χ4v) is 3.27. The first-order chi connectivity index (χ1) is 9.72. The van der Waals surface area contributed by atoms with Crippen LogP contribution in [0.3, 0.4) is 0 Å². The van der Waals surface area contributed by atoms with Crippen LogP contribution in [0.2, 0.25) is 0 Å². The van der Waals surface area contributed by atoms with Gasteiger partial charge in [-0.2, -0.15) is 0 Å². The molecule has 3 atom stereocenters. The number of alkyl halides is 1. The summed E-state index contributed by atoms with van der Waals surface area (Å²) in [5, 5.41) is 0. The van der Waals surface area contributed by atoms with Crippen molar-refractivity contribution in [1.29, 1.82) is 0 Å². The van der Waals surface area contributed by atoms with Gasteiger partial charge in [0.15, 0.2) is 0 Å². The Morgan fingerprint density at radius 1 is 1.52 bits per heavy atom. The van der Waals surface area contributed by atoms with Crippen molar-refractivity contribution >= 4 is 23.0 Å². The fourth-order valence-electron chi connectivity index (χ4n) is 2.22. The predicted molar refractivity (Wildman–Crippen MR) is 84.6 cm³/mol. The van der Waals surface area contributed by atoms with Crippen molar-refractivity contribution in [3.8, 4) is 5.75 Å². The van der Waals surface area contributed by atoms with Crippen LogP contribution in [0.1, 0.15) is 38.8 Å². The minimum Gasteiger partial charge on any atom is -0.598 e. The van der Waals surface area contributed by atoms with Gasteiger partial charge in [0.2, 0.25) is 0 Å². The van der Waals surface area contributed by atoms with Gasteiger partial charge in [-0.05, 0) is 39.8 Å². The highest BCUT2D eigenvalue weighted by molar-refractivity contribution is 7.90. The van der Waals surface area contributed by atoms with Crippen molar-refractivity contribution < 1.29 is 13.7 Å². The quantitative estimate of drug-likeness (QED) is 0.679. The van der Waals surface area contributed by atoms with Crippen LogP contribution in [-0.2, 0) is 23.7 Å². The van der Waals surface area contributed by atoms with Gasteiger partial charge < -0.3 is 9.29 Å². The van der Waals surface area contributed by atoms with Crippen molar-refractivity contribution in [3.05, 3.63) is 29.1 Å². The first-order valence-electron chi connectivity index (χ1n) is 6.94. The van der Waals surface area contributed by atoms with Gasteiger partial charge in [0, 0.05) is 28.9 Å². The van der Waals surface area contributed by atoms with E-state index in [-0.39, 0.29) is 28.6 Å². The number of halogens is 2. The minimum atomic E-state index is -1.17. The molecule has 1 aromatic carbocycles. The third-order valence-electron chi connectivity index (χ3n) is 3.45. The summed E-state index contributed by atoms with van der Waals surface area (Å²) in [5.74, 6) is 0.585. The molecule has 0 saturated carbocycles. The van der Waals surface area contributed by atoms with Gasteiger partial charge in [-0.3, -0.25) is 0 Å². The zero-order valence-corrected chi connectivity index (χ0v) is 14.3. The van der Waals surface area contributed by atoms with Gasteiger partial charge in [0.05, 0.1) is 11.9 Å². The number of fused-ring (bicyclic) bond motifs is 1. The first kappa shape index (κ1) is 16.9. The number of hydrogen-bond donors (Lipinski definition) is 1. The molecular formula is C15H21ClFNO2S. The second-order valence-corrected chi connectivity index (χ2v) is 8.60. The van der Waals surface area contributed by atoms with Crippen molar-refractivity contribution in [2.45, 2.75) is 56.9 Å². The summed E-state index contributed by atoms with van der Waals surface area (Å²) in [6.45, 7) is 7.66. The molecule has 1 aromatic rings. The van der Waals surface area contributed by atoms with E-state index in [4.69, 9.17) is 16.3 Å². The summed E-state index contributed by atoms with van der Waals surface area (Å²) in [5.41, 5.74) is 1.49. The molecule has 0 aromatic heterocycles. The Kier molecular flexibility index (Phi) is 5.08. The maximum absolute atomic E-state index is 13.5. The summed E-state index contributed by atoms with van der Waals surface area (Å²) < 4.78 is 34.3. The van der Waals surface area contributed by atoms with Crippen LogP contribution in [-0.4, -0.2) is 21.4 Å². The van der Waals surface area contributed by atoms with Gasteiger partial charge in [-0.1, -0.05) is 0 Å². The smallest absolute Gasteiger partial charge is 0.136 e. The van der Waals surface area contributed by atoms with E-state index in [2.05, 4.69) is 4.72 Å². The summed E-state index contributed by atoms with van der Waals surface area (Å²) in [6.07, 6.45) is 0.419. The Hall–Kier alpha value is -0.490. The Morgan fingerprint density at radius 2 is 2.19 bits per heavy atom. The van der Waals surface area contributed by atoms with Crippen LogP contribution >= 0.6 is 11.6 Å². The lowest BCUT2D eigenvalue weighted by Gasteiger charge is -2.28. The minimum absolute atomic E-state index is 0.108. The molecule has 0 spiro atoms. The molecule has 6 heteroatoms. The highest BCUT2D eigenvalue weighted by Gasteiger charge is 2.35. The van der Waals surface area contributed by atoms with Crippen LogP contribution in [0.5, 0.6) is 5.75 Å². The van der Waals surface area contributed by atoms with E-state index < -0.39 is 11.4 Å². The third-order valence-corrected chi connectivity index (χ3v) is 5.43. The van der Waals surface area contributed by atoms with E-state index in [0.717, 1.165) is 5.56 Å². The first-order valence-corrected chi connectivity index (χ1v) is 8.62. The monoisotopic (exact) mass is 333 g/mol. The molecule has 0 saturated heterocycles. The van der Waals surface area contributed by atoms with Gasteiger partial charge in [-0.15, -0.1) is 16.3 Å². The Morgan fingerprint density at radius 3 is 2.76 bits per heavy atom. The SMILES string of the molecule is C[C@@H](N[S+]([O-])C(C)(C)C)C1Cc2cc(F)cc(CCl)c2O1. The van der Waals surface area contributed by atoms with E-state index in [1.165, 1.54) is 12.1 Å². The Balaban J connectivity index is 2.09. The highest BCUT2D eigenvalue weighted by atomic mass is 35.5. The van der Waals surface area contributed by atoms with E-state index in [0.29, 0.717) is 17.7 Å². The van der Waals surface area contributed by atoms with Crippen molar-refractivity contribution in [2.24, 2.45) is 0 Å². The Labute approximate surface area is 133 Å². The van der Waals surface area contributed by atoms with Crippen LogP contribution < -0.4 is 9.46 Å². The molecule has 1 N–H and O–H groups in total. The average Bonchev–Trinajstić information content (AvgIpc) is 2.80. The molecule has 0 aliphatic carbocycles. The lowest BCUT2D eigenvalue weighted by molar-refractivity contribution is 0.196. The molecule has 2 rings (SSSR count). The standard InChI is InChI=1S/C15H21ClFNO2S/c1-9(18-21(19)15(2,3)4)13-7-10-5-12(17)6-11(8-16)14(10)20-13/h5-6,9,13,18H,7-8H2,1-4H3/t9-,13?,21?/m1/s1. The van der Waals surface area contributed by atoms with Crippen LogP contribution in [0.15, 0.2) is 12.1 Å². The third kappa shape index (κ3) is 3.83. The summed E-state index contributed by atoms with van der Waals surface area (Å²) >= 11 is 4.67. The maximum Gasteiger partial charge on any atom is 0.136 e. The topological polar surface area (TPSA) is 44.3 Å². The van der Waals surface area contributed by atoms with Gasteiger partial charge in [0.25, 0.3) is 0 Å². The van der Waals surface area contributed by atoms with Gasteiger partial charge in [0.1, 0.15) is 22.4 Å². The molecule has 0 amide bonds. The molecule has 0 fully saturated rings. The number of ether oxygens (including phenoxy) is 1. The second-order valence-electron chi connectivity index (χ2n) is 6.33. The maximum atomic E-state index is 13.5. The summed E-state index contributed by atoms with van der Waals surface area (Å²) in [7, 11) is 0. The number of nitrogens with one attached hydrogen (secondary N) is 1. The molecule has 1 aliphatic rings. The van der Waals surface area contributed by atoms with E-state index in [9.17, 15) is 8.94 Å². The largest absolute Gasteiger partial charge is 0.598 e. The van der Waals surface area contributed by atoms with E-state index in [1.807, 2.05) is 27.7 Å². The molecule has 118 valence electrons. The van der Waals surface area contributed by atoms with Crippen molar-refractivity contribution in [2.75, 3.05) is 0 Å². The molecule has 21 heavy (non-hydrogen) atoms. The van der Waals surface area contributed by atoms with Crippen LogP contribution in [0.25, 0.3) is 0 Å². The lowest BCUT2D eigenvalue weighted by Crippen LogP contribution is -2.49. The molecule has 1 heterocycles. The highest BCUT2D eigenvalue weighted by Crippen LogP contribution is 2.35. The van der Waals surface area contributed by atoms with Crippen molar-refractivity contribution in [3.63, 3.8) is 0 Å². The number of hydrogen-bond acceptors (Lipinski definition) is 3. The lowest BCUT2D eigenvalue weighted by atomic mass is 10.0. The fraction of sp³-hybridized carbons (Fsp3) is 0.600. The van der Waals surface area contributed by atoms with Crippen LogP contribution in [0.4, 0.5) is 4.39 Å². The molecule has 0 bridgehead atoms. The normalized spacial score (nSPS) is 20.8. The van der Waals surface area contributed by atoms with E-state index >= 15 is 0 Å². The average molecular weight is 334 g/mol. The van der Waals surface area contributed by atoms with Gasteiger partial charge in [-0.25, -0.2) is 4.39 Å². The van der Waals surface area contributed by atoms with E-state index in [1.54, 1.807) is 0 Å². The molecule has 0 radical (unpaired) electrons. The molecule has 3 nitrogen and oxygen atoms in total. The number of rotatable bonds is 4. The predicted octanol–water partition coefficient (Wildman–Crippen LogP) is 3.31. The molecular weight excluding hydrogens is 313 g/mol. The summed E-state index contributed by atoms with van der Waals surface area (Å²) in [6, 6.07) is 2.78. The molecule has 1 aliphatic heterocycles. The van der Waals surface area contributed by atoms with Gasteiger partial charge >= 0.3 is 0 Å². The zero-order valence-electron chi connectivity index (χ0n) is 12.7. The van der Waals surface area contributed by atoms with Crippen molar-refractivity contribution in [1.82, 2.24) is 4.72 Å². The van der Waals surface area contributed by atoms with Crippen LogP contribution in [0, 0.1) is 5.82 Å². The summed E-state index contributed by atoms with van der Waals surface area (Å²) in [4.78, 5) is 0. The second kappa shape index (κ2) is 6.32. The Bertz CT molecular complexity index is 521.